The third-order valence-corrected chi connectivity index (χ3v) is 5.00. The fraction of sp³-hybridized carbons (Fsp3) is 0.182. The van der Waals surface area contributed by atoms with Gasteiger partial charge in [-0.1, -0.05) is 23.2 Å². The van der Waals surface area contributed by atoms with Crippen LogP contribution in [0.3, 0.4) is 0 Å². The molecule has 0 saturated heterocycles. The third-order valence-electron chi connectivity index (χ3n) is 4.53. The molecule has 4 rings (SSSR count). The average molecular weight is 427 g/mol. The Kier molecular flexibility index (Phi) is 6.30. The van der Waals surface area contributed by atoms with Gasteiger partial charge in [0.25, 0.3) is 0 Å². The lowest BCUT2D eigenvalue weighted by Crippen LogP contribution is -2.15. The van der Waals surface area contributed by atoms with Gasteiger partial charge < -0.3 is 15.4 Å². The average Bonchev–Trinajstić information content (AvgIpc) is 2.72. The molecule has 0 amide bonds. The molecule has 0 saturated carbocycles. The number of aromatic nitrogens is 2. The number of halogens is 2. The lowest BCUT2D eigenvalue weighted by Gasteiger charge is -2.11. The van der Waals surface area contributed by atoms with Crippen molar-refractivity contribution < 1.29 is 4.74 Å². The number of nitrogens with zero attached hydrogens (tertiary/aromatic N) is 2. The van der Waals surface area contributed by atoms with Gasteiger partial charge in [0.15, 0.2) is 0 Å². The highest BCUT2D eigenvalue weighted by Crippen LogP contribution is 2.25. The third kappa shape index (κ3) is 4.88. The maximum absolute atomic E-state index is 6.03. The Morgan fingerprint density at radius 2 is 1.17 bits per heavy atom. The fourth-order valence-corrected chi connectivity index (χ4v) is 3.50. The summed E-state index contributed by atoms with van der Waals surface area (Å²) in [6, 6.07) is 15.3. The van der Waals surface area contributed by atoms with Gasteiger partial charge in [-0.2, -0.15) is 0 Å². The van der Waals surface area contributed by atoms with Crippen LogP contribution in [0, 0.1) is 0 Å². The summed E-state index contributed by atoms with van der Waals surface area (Å²) in [7, 11) is 0. The van der Waals surface area contributed by atoms with Gasteiger partial charge in [0, 0.05) is 57.7 Å². The van der Waals surface area contributed by atoms with Crippen molar-refractivity contribution >= 4 is 56.4 Å². The van der Waals surface area contributed by atoms with Crippen LogP contribution >= 0.6 is 23.2 Å². The zero-order chi connectivity index (χ0) is 20.1. The summed E-state index contributed by atoms with van der Waals surface area (Å²) in [6.45, 7) is 2.62. The van der Waals surface area contributed by atoms with Crippen LogP contribution in [0.5, 0.6) is 0 Å². The van der Waals surface area contributed by atoms with Crippen LogP contribution in [-0.4, -0.2) is 36.3 Å². The van der Waals surface area contributed by atoms with Gasteiger partial charge in [-0.05, 0) is 48.5 Å². The molecule has 0 aliphatic rings. The highest BCUT2D eigenvalue weighted by Gasteiger charge is 2.03. The Balaban J connectivity index is 1.23. The number of anilines is 2. The minimum Gasteiger partial charge on any atom is -0.382 e. The molecule has 0 radical (unpaired) electrons. The van der Waals surface area contributed by atoms with Crippen molar-refractivity contribution in [3.8, 4) is 0 Å². The number of rotatable bonds is 8. The Morgan fingerprint density at radius 3 is 1.66 bits per heavy atom. The number of benzene rings is 2. The van der Waals surface area contributed by atoms with Gasteiger partial charge in [0.2, 0.25) is 0 Å². The number of fused-ring (bicyclic) bond motifs is 2. The van der Waals surface area contributed by atoms with Crippen molar-refractivity contribution in [3.05, 3.63) is 71.0 Å². The van der Waals surface area contributed by atoms with E-state index in [1.807, 2.05) is 48.5 Å². The Morgan fingerprint density at radius 1 is 0.690 bits per heavy atom. The molecule has 0 unspecified atom stereocenters. The minimum absolute atomic E-state index is 0.603. The maximum atomic E-state index is 6.03. The molecule has 2 heterocycles. The van der Waals surface area contributed by atoms with Gasteiger partial charge in [0.1, 0.15) is 0 Å². The monoisotopic (exact) mass is 426 g/mol. The molecule has 0 atom stereocenters. The van der Waals surface area contributed by atoms with Crippen LogP contribution in [0.15, 0.2) is 60.9 Å². The zero-order valence-electron chi connectivity index (χ0n) is 15.7. The van der Waals surface area contributed by atoms with Gasteiger partial charge >= 0.3 is 0 Å². The van der Waals surface area contributed by atoms with E-state index in [0.717, 1.165) is 33.2 Å². The summed E-state index contributed by atoms with van der Waals surface area (Å²) in [5, 5.41) is 10.2. The SMILES string of the molecule is Clc1ccc2c(NCCOCCNc3ccnc4cc(Cl)ccc34)ccnc2c1. The molecule has 29 heavy (non-hydrogen) atoms. The van der Waals surface area contributed by atoms with E-state index in [9.17, 15) is 0 Å². The van der Waals surface area contributed by atoms with Crippen LogP contribution in [0.2, 0.25) is 10.0 Å². The largest absolute Gasteiger partial charge is 0.382 e. The Bertz CT molecular complexity index is 1050. The van der Waals surface area contributed by atoms with Gasteiger partial charge in [-0.3, -0.25) is 9.97 Å². The summed E-state index contributed by atoms with van der Waals surface area (Å²) in [6.07, 6.45) is 3.55. The predicted molar refractivity (Wildman–Crippen MR) is 121 cm³/mol. The number of ether oxygens (including phenoxy) is 1. The second-order valence-electron chi connectivity index (χ2n) is 6.51. The first-order valence-electron chi connectivity index (χ1n) is 9.35. The quantitative estimate of drug-likeness (QED) is 0.357. The first kappa shape index (κ1) is 19.7. The number of hydrogen-bond acceptors (Lipinski definition) is 5. The predicted octanol–water partition coefficient (Wildman–Crippen LogP) is 5.63. The van der Waals surface area contributed by atoms with Crippen LogP contribution in [0.25, 0.3) is 21.8 Å². The first-order valence-corrected chi connectivity index (χ1v) is 10.1. The first-order chi connectivity index (χ1) is 14.2. The summed E-state index contributed by atoms with van der Waals surface area (Å²) in [5.41, 5.74) is 3.79. The minimum atomic E-state index is 0.603. The molecule has 4 aromatic rings. The molecule has 0 spiro atoms. The Hall–Kier alpha value is -2.60. The summed E-state index contributed by atoms with van der Waals surface area (Å²) in [4.78, 5) is 8.70. The van der Waals surface area contributed by atoms with Crippen LogP contribution < -0.4 is 10.6 Å². The lowest BCUT2D eigenvalue weighted by molar-refractivity contribution is 0.154. The molecular formula is C22H20Cl2N4O. The van der Waals surface area contributed by atoms with Gasteiger partial charge in [-0.25, -0.2) is 0 Å². The van der Waals surface area contributed by atoms with E-state index in [1.165, 1.54) is 0 Å². The molecule has 148 valence electrons. The molecule has 0 fully saturated rings. The summed E-state index contributed by atoms with van der Waals surface area (Å²) < 4.78 is 5.74. The highest BCUT2D eigenvalue weighted by atomic mass is 35.5. The van der Waals surface area contributed by atoms with E-state index >= 15 is 0 Å². The normalized spacial score (nSPS) is 11.1. The van der Waals surface area contributed by atoms with Crippen molar-refractivity contribution in [3.63, 3.8) is 0 Å². The number of hydrogen-bond donors (Lipinski definition) is 2. The molecular weight excluding hydrogens is 407 g/mol. The molecule has 2 aromatic carbocycles. The molecule has 2 aromatic heterocycles. The van der Waals surface area contributed by atoms with Crippen molar-refractivity contribution in [1.82, 2.24) is 9.97 Å². The van der Waals surface area contributed by atoms with E-state index < -0.39 is 0 Å². The van der Waals surface area contributed by atoms with E-state index in [2.05, 4.69) is 20.6 Å². The van der Waals surface area contributed by atoms with Crippen molar-refractivity contribution in [2.45, 2.75) is 0 Å². The van der Waals surface area contributed by atoms with Crippen molar-refractivity contribution in [1.29, 1.82) is 0 Å². The maximum Gasteiger partial charge on any atom is 0.0737 e. The van der Waals surface area contributed by atoms with E-state index in [-0.39, 0.29) is 0 Å². The second-order valence-corrected chi connectivity index (χ2v) is 7.38. The van der Waals surface area contributed by atoms with E-state index in [0.29, 0.717) is 36.3 Å². The van der Waals surface area contributed by atoms with Crippen LogP contribution in [0.1, 0.15) is 0 Å². The topological polar surface area (TPSA) is 59.1 Å². The number of pyridine rings is 2. The lowest BCUT2D eigenvalue weighted by atomic mass is 10.2. The van der Waals surface area contributed by atoms with Gasteiger partial charge in [0.05, 0.1) is 24.2 Å². The molecule has 7 heteroatoms. The highest BCUT2D eigenvalue weighted by molar-refractivity contribution is 6.31. The molecule has 2 N–H and O–H groups in total. The molecule has 0 aliphatic carbocycles. The number of nitrogens with one attached hydrogen (secondary N) is 2. The summed E-state index contributed by atoms with van der Waals surface area (Å²) in [5.74, 6) is 0. The Labute approximate surface area is 179 Å². The van der Waals surface area contributed by atoms with E-state index in [1.54, 1.807) is 12.4 Å². The van der Waals surface area contributed by atoms with Gasteiger partial charge in [-0.15, -0.1) is 0 Å². The standard InChI is InChI=1S/C22H20Cl2N4O/c23-15-1-3-17-19(5-7-25-21(17)13-15)27-9-11-29-12-10-28-20-6-8-26-22-14-16(24)2-4-18(20)22/h1-8,13-14H,9-12H2,(H,25,27)(H,26,28). The smallest absolute Gasteiger partial charge is 0.0737 e. The second kappa shape index (κ2) is 9.27. The van der Waals surface area contributed by atoms with Crippen LogP contribution in [0.4, 0.5) is 11.4 Å². The molecule has 5 nitrogen and oxygen atoms in total. The van der Waals surface area contributed by atoms with E-state index in [4.69, 9.17) is 27.9 Å². The fourth-order valence-electron chi connectivity index (χ4n) is 3.17. The molecule has 0 aliphatic heterocycles. The van der Waals surface area contributed by atoms with Crippen LogP contribution in [-0.2, 0) is 4.74 Å². The van der Waals surface area contributed by atoms with Crippen molar-refractivity contribution in [2.75, 3.05) is 36.9 Å². The van der Waals surface area contributed by atoms with Crippen molar-refractivity contribution in [2.24, 2.45) is 0 Å². The summed E-state index contributed by atoms with van der Waals surface area (Å²) >= 11 is 12.1. The zero-order valence-corrected chi connectivity index (χ0v) is 17.2. The molecule has 0 bridgehead atoms.